The zero-order chi connectivity index (χ0) is 15.1. The van der Waals surface area contributed by atoms with Crippen molar-refractivity contribution in [1.29, 1.82) is 0 Å². The van der Waals surface area contributed by atoms with Gasteiger partial charge in [-0.2, -0.15) is 4.37 Å². The lowest BCUT2D eigenvalue weighted by Crippen LogP contribution is -2.36. The molecular weight excluding hydrogens is 388 g/mol. The van der Waals surface area contributed by atoms with Crippen molar-refractivity contribution in [1.82, 2.24) is 4.37 Å². The number of hydrogen-bond donors (Lipinski definition) is 0. The minimum absolute atomic E-state index is 0.00622. The summed E-state index contributed by atoms with van der Waals surface area (Å²) in [5.41, 5.74) is 2.31. The van der Waals surface area contributed by atoms with Crippen LogP contribution in [0.1, 0.15) is 0 Å². The molecule has 0 aliphatic carbocycles. The van der Waals surface area contributed by atoms with Crippen LogP contribution in [-0.2, 0) is 4.74 Å². The van der Waals surface area contributed by atoms with Gasteiger partial charge in [0.05, 0.1) is 28.3 Å². The lowest BCUT2D eigenvalue weighted by molar-refractivity contribution is 0.121. The molecule has 1 aliphatic rings. The van der Waals surface area contributed by atoms with E-state index in [2.05, 4.69) is 20.3 Å². The molecule has 0 N–H and O–H groups in total. The Kier molecular flexibility index (Phi) is 3.77. The number of anilines is 1. The fourth-order valence-corrected chi connectivity index (χ4v) is 4.26. The third-order valence-electron chi connectivity index (χ3n) is 3.51. The van der Waals surface area contributed by atoms with Crippen LogP contribution >= 0.6 is 38.8 Å². The van der Waals surface area contributed by atoms with E-state index in [0.29, 0.717) is 29.4 Å². The van der Waals surface area contributed by atoms with Gasteiger partial charge in [-0.05, 0) is 33.5 Å². The molecule has 1 saturated heterocycles. The van der Waals surface area contributed by atoms with Crippen LogP contribution in [0.2, 0.25) is 0 Å². The predicted octanol–water partition coefficient (Wildman–Crippen LogP) is 3.58. The third kappa shape index (κ3) is 2.50. The Morgan fingerprint density at radius 3 is 2.82 bits per heavy atom. The Balaban J connectivity index is 1.86. The summed E-state index contributed by atoms with van der Waals surface area (Å²) in [5.74, 6) is 0.606. The minimum Gasteiger partial charge on any atom is -0.439 e. The minimum atomic E-state index is -0.00622. The predicted molar refractivity (Wildman–Crippen MR) is 92.2 cm³/mol. The second-order valence-electron chi connectivity index (χ2n) is 4.87. The molecule has 3 aromatic heterocycles. The number of fused-ring (bicyclic) bond motifs is 1. The number of halogens is 1. The molecular formula is C14H11BrN2O3S2. The SMILES string of the molecule is O=c1cc(N2CCOCC2)oc2c(-c3cc(Br)sn3)csc12. The molecule has 5 nitrogen and oxygen atoms in total. The van der Waals surface area contributed by atoms with Crippen molar-refractivity contribution in [2.45, 2.75) is 0 Å². The summed E-state index contributed by atoms with van der Waals surface area (Å²) in [6.45, 7) is 2.76. The van der Waals surface area contributed by atoms with Crippen molar-refractivity contribution in [3.63, 3.8) is 0 Å². The van der Waals surface area contributed by atoms with Gasteiger partial charge in [-0.25, -0.2) is 0 Å². The number of aromatic nitrogens is 1. The largest absolute Gasteiger partial charge is 0.439 e. The van der Waals surface area contributed by atoms with Crippen molar-refractivity contribution in [3.8, 4) is 11.3 Å². The van der Waals surface area contributed by atoms with Gasteiger partial charge in [0.2, 0.25) is 5.43 Å². The molecule has 0 spiro atoms. The highest BCUT2D eigenvalue weighted by molar-refractivity contribution is 9.11. The number of hydrogen-bond acceptors (Lipinski definition) is 7. The maximum atomic E-state index is 12.4. The van der Waals surface area contributed by atoms with Gasteiger partial charge in [0.1, 0.15) is 4.70 Å². The van der Waals surface area contributed by atoms with Crippen LogP contribution in [0.15, 0.2) is 30.5 Å². The average molecular weight is 399 g/mol. The standard InChI is InChI=1S/C14H11BrN2O3S2/c15-11-5-9(16-22-11)8-7-21-14-10(18)6-12(20-13(8)14)17-1-3-19-4-2-17/h5-7H,1-4H2. The Hall–Kier alpha value is -1.22. The van der Waals surface area contributed by atoms with E-state index in [-0.39, 0.29) is 5.43 Å². The first-order chi connectivity index (χ1) is 10.7. The van der Waals surface area contributed by atoms with Crippen LogP contribution in [0.4, 0.5) is 5.88 Å². The van der Waals surface area contributed by atoms with Gasteiger partial charge in [-0.1, -0.05) is 0 Å². The van der Waals surface area contributed by atoms with Crippen LogP contribution in [0.25, 0.3) is 21.5 Å². The second kappa shape index (κ2) is 5.77. The van der Waals surface area contributed by atoms with Crippen molar-refractivity contribution >= 4 is 55.0 Å². The van der Waals surface area contributed by atoms with Crippen LogP contribution in [0.5, 0.6) is 0 Å². The lowest BCUT2D eigenvalue weighted by Gasteiger charge is -2.27. The summed E-state index contributed by atoms with van der Waals surface area (Å²) < 4.78 is 17.4. The first-order valence-corrected chi connectivity index (χ1v) is 9.17. The van der Waals surface area contributed by atoms with E-state index in [4.69, 9.17) is 9.15 Å². The molecule has 0 saturated carbocycles. The van der Waals surface area contributed by atoms with Crippen molar-refractivity contribution in [2.24, 2.45) is 0 Å². The smallest absolute Gasteiger partial charge is 0.204 e. The summed E-state index contributed by atoms with van der Waals surface area (Å²) in [6.07, 6.45) is 0. The highest BCUT2D eigenvalue weighted by Gasteiger charge is 2.19. The molecule has 3 aromatic rings. The maximum absolute atomic E-state index is 12.4. The Labute approximate surface area is 142 Å². The van der Waals surface area contributed by atoms with Gasteiger partial charge in [0, 0.05) is 24.5 Å². The van der Waals surface area contributed by atoms with Crippen LogP contribution < -0.4 is 10.3 Å². The maximum Gasteiger partial charge on any atom is 0.204 e. The van der Waals surface area contributed by atoms with Gasteiger partial charge in [-0.15, -0.1) is 11.3 Å². The van der Waals surface area contributed by atoms with E-state index in [1.54, 1.807) is 6.07 Å². The summed E-state index contributed by atoms with van der Waals surface area (Å²) in [4.78, 5) is 14.4. The second-order valence-corrected chi connectivity index (χ2v) is 7.94. The van der Waals surface area contributed by atoms with Gasteiger partial charge >= 0.3 is 0 Å². The highest BCUT2D eigenvalue weighted by atomic mass is 79.9. The molecule has 22 heavy (non-hydrogen) atoms. The van der Waals surface area contributed by atoms with E-state index in [9.17, 15) is 4.79 Å². The summed E-state index contributed by atoms with van der Waals surface area (Å²) in [5, 5.41) is 1.93. The van der Waals surface area contributed by atoms with E-state index in [1.165, 1.54) is 22.9 Å². The Morgan fingerprint density at radius 1 is 1.27 bits per heavy atom. The molecule has 0 radical (unpaired) electrons. The summed E-state index contributed by atoms with van der Waals surface area (Å²) >= 11 is 6.19. The monoisotopic (exact) mass is 398 g/mol. The van der Waals surface area contributed by atoms with E-state index < -0.39 is 0 Å². The van der Waals surface area contributed by atoms with Gasteiger partial charge in [0.15, 0.2) is 11.5 Å². The molecule has 4 heterocycles. The van der Waals surface area contributed by atoms with Crippen molar-refractivity contribution in [3.05, 3.63) is 31.5 Å². The average Bonchev–Trinajstić information content (AvgIpc) is 3.14. The van der Waals surface area contributed by atoms with Gasteiger partial charge in [-0.3, -0.25) is 4.79 Å². The zero-order valence-electron chi connectivity index (χ0n) is 11.4. The molecule has 4 rings (SSSR count). The summed E-state index contributed by atoms with van der Waals surface area (Å²) in [6, 6.07) is 3.51. The summed E-state index contributed by atoms with van der Waals surface area (Å²) in [7, 11) is 0. The quantitative estimate of drug-likeness (QED) is 0.660. The number of thiophene rings is 1. The molecule has 0 amide bonds. The molecule has 1 aliphatic heterocycles. The molecule has 1 fully saturated rings. The topological polar surface area (TPSA) is 55.6 Å². The number of nitrogens with zero attached hydrogens (tertiary/aromatic N) is 2. The Morgan fingerprint density at radius 2 is 2.09 bits per heavy atom. The highest BCUT2D eigenvalue weighted by Crippen LogP contribution is 2.35. The molecule has 8 heteroatoms. The van der Waals surface area contributed by atoms with Crippen LogP contribution in [0, 0.1) is 0 Å². The Bertz CT molecular complexity index is 880. The van der Waals surface area contributed by atoms with E-state index in [0.717, 1.165) is 28.1 Å². The van der Waals surface area contributed by atoms with E-state index >= 15 is 0 Å². The molecule has 0 atom stereocenters. The van der Waals surface area contributed by atoms with Crippen molar-refractivity contribution in [2.75, 3.05) is 31.2 Å². The van der Waals surface area contributed by atoms with Crippen LogP contribution in [0.3, 0.4) is 0 Å². The molecule has 0 unspecified atom stereocenters. The fourth-order valence-electron chi connectivity index (χ4n) is 2.43. The number of rotatable bonds is 2. The van der Waals surface area contributed by atoms with Crippen molar-refractivity contribution < 1.29 is 9.15 Å². The molecule has 114 valence electrons. The van der Waals surface area contributed by atoms with E-state index in [1.807, 2.05) is 16.3 Å². The lowest BCUT2D eigenvalue weighted by atomic mass is 10.2. The number of ether oxygens (including phenoxy) is 1. The van der Waals surface area contributed by atoms with Gasteiger partial charge < -0.3 is 14.1 Å². The molecule has 0 bridgehead atoms. The third-order valence-corrected chi connectivity index (χ3v) is 5.73. The normalized spacial score (nSPS) is 15.6. The van der Waals surface area contributed by atoms with Crippen LogP contribution in [-0.4, -0.2) is 30.7 Å². The first-order valence-electron chi connectivity index (χ1n) is 6.73. The number of morpholine rings is 1. The zero-order valence-corrected chi connectivity index (χ0v) is 14.6. The fraction of sp³-hybridized carbons (Fsp3) is 0.286. The molecule has 0 aromatic carbocycles. The van der Waals surface area contributed by atoms with Gasteiger partial charge in [0.25, 0.3) is 0 Å². The first kappa shape index (κ1) is 14.4.